The van der Waals surface area contributed by atoms with Crippen LogP contribution in [0.1, 0.15) is 16.5 Å². The maximum Gasteiger partial charge on any atom is 0.269 e. The van der Waals surface area contributed by atoms with Crippen molar-refractivity contribution in [1.82, 2.24) is 10.6 Å². The van der Waals surface area contributed by atoms with Gasteiger partial charge in [0, 0.05) is 35.8 Å². The number of rotatable bonds is 10. The first-order chi connectivity index (χ1) is 14.1. The zero-order chi connectivity index (χ0) is 20.5. The summed E-state index contributed by atoms with van der Waals surface area (Å²) in [6.07, 6.45) is 0. The number of benzene rings is 2. The van der Waals surface area contributed by atoms with E-state index in [1.165, 1.54) is 12.1 Å². The van der Waals surface area contributed by atoms with Gasteiger partial charge in [-0.25, -0.2) is 0 Å². The lowest BCUT2D eigenvalue weighted by Gasteiger charge is -2.18. The Labute approximate surface area is 172 Å². The van der Waals surface area contributed by atoms with E-state index in [9.17, 15) is 14.9 Å². The number of carbonyl (C=O) groups is 1. The highest BCUT2D eigenvalue weighted by atomic mass is 32.1. The van der Waals surface area contributed by atoms with Crippen LogP contribution in [0.5, 0.6) is 0 Å². The Bertz CT molecular complexity index is 915. The molecule has 3 aromatic rings. The van der Waals surface area contributed by atoms with Crippen molar-refractivity contribution in [2.45, 2.75) is 6.04 Å². The van der Waals surface area contributed by atoms with Gasteiger partial charge in [0.25, 0.3) is 5.69 Å². The number of nitrogens with one attached hydrogen (secondary N) is 3. The fraction of sp³-hybridized carbons (Fsp3) is 0.190. The van der Waals surface area contributed by atoms with E-state index in [0.29, 0.717) is 13.1 Å². The molecule has 3 rings (SSSR count). The molecule has 0 fully saturated rings. The van der Waals surface area contributed by atoms with Crippen LogP contribution >= 0.6 is 11.3 Å². The van der Waals surface area contributed by atoms with Gasteiger partial charge in [0.1, 0.15) is 0 Å². The monoisotopic (exact) mass is 410 g/mol. The van der Waals surface area contributed by atoms with Crippen molar-refractivity contribution < 1.29 is 9.72 Å². The zero-order valence-corrected chi connectivity index (χ0v) is 16.5. The van der Waals surface area contributed by atoms with Crippen LogP contribution in [0.25, 0.3) is 0 Å². The predicted octanol–water partition coefficient (Wildman–Crippen LogP) is 3.56. The first-order valence-electron chi connectivity index (χ1n) is 9.20. The second-order valence-electron chi connectivity index (χ2n) is 6.32. The molecule has 0 aliphatic carbocycles. The molecule has 8 heteroatoms. The van der Waals surface area contributed by atoms with Crippen molar-refractivity contribution in [2.75, 3.05) is 25.0 Å². The van der Waals surface area contributed by atoms with Crippen LogP contribution in [0, 0.1) is 10.1 Å². The molecule has 7 nitrogen and oxygen atoms in total. The molecule has 0 bridgehead atoms. The highest BCUT2D eigenvalue weighted by Crippen LogP contribution is 2.25. The highest BCUT2D eigenvalue weighted by Gasteiger charge is 2.15. The van der Waals surface area contributed by atoms with E-state index in [4.69, 9.17) is 0 Å². The summed E-state index contributed by atoms with van der Waals surface area (Å²) >= 11 is 1.65. The molecule has 0 radical (unpaired) electrons. The molecule has 0 aliphatic heterocycles. The first-order valence-corrected chi connectivity index (χ1v) is 10.1. The second kappa shape index (κ2) is 10.4. The van der Waals surface area contributed by atoms with Crippen molar-refractivity contribution >= 4 is 28.6 Å². The molecule has 3 N–H and O–H groups in total. The largest absolute Gasteiger partial charge is 0.383 e. The zero-order valence-electron chi connectivity index (χ0n) is 15.7. The van der Waals surface area contributed by atoms with Crippen LogP contribution in [0.15, 0.2) is 72.1 Å². The molecule has 0 spiro atoms. The van der Waals surface area contributed by atoms with Crippen molar-refractivity contribution in [3.63, 3.8) is 0 Å². The Balaban J connectivity index is 1.43. The fourth-order valence-corrected chi connectivity index (χ4v) is 3.68. The molecule has 1 aromatic heterocycles. The summed E-state index contributed by atoms with van der Waals surface area (Å²) < 4.78 is 0. The Morgan fingerprint density at radius 1 is 1.00 bits per heavy atom. The van der Waals surface area contributed by atoms with Crippen molar-refractivity contribution in [3.05, 3.63) is 92.7 Å². The Morgan fingerprint density at radius 2 is 1.76 bits per heavy atom. The minimum absolute atomic E-state index is 0.0276. The quantitative estimate of drug-likeness (QED) is 0.270. The third-order valence-corrected chi connectivity index (χ3v) is 5.22. The average Bonchev–Trinajstić information content (AvgIpc) is 3.27. The Kier molecular flexibility index (Phi) is 7.32. The molecular formula is C21H22N4O3S. The van der Waals surface area contributed by atoms with Gasteiger partial charge in [-0.3, -0.25) is 20.2 Å². The number of hydrogen-bond donors (Lipinski definition) is 3. The van der Waals surface area contributed by atoms with E-state index in [2.05, 4.69) is 22.0 Å². The topological polar surface area (TPSA) is 96.3 Å². The predicted molar refractivity (Wildman–Crippen MR) is 115 cm³/mol. The number of non-ortho nitro benzene ring substituents is 1. The molecule has 150 valence electrons. The van der Waals surface area contributed by atoms with E-state index in [1.807, 2.05) is 41.8 Å². The molecule has 0 aliphatic rings. The first kappa shape index (κ1) is 20.5. The second-order valence-corrected chi connectivity index (χ2v) is 7.30. The van der Waals surface area contributed by atoms with Gasteiger partial charge in [-0.1, -0.05) is 36.4 Å². The molecule has 29 heavy (non-hydrogen) atoms. The van der Waals surface area contributed by atoms with E-state index in [-0.39, 0.29) is 24.2 Å². The SMILES string of the molecule is O=C(CN[C@@H](c1ccccc1)c1cccs1)NCCNc1ccc([N+](=O)[O-])cc1. The normalized spacial score (nSPS) is 11.6. The summed E-state index contributed by atoms with van der Waals surface area (Å²) in [7, 11) is 0. The van der Waals surface area contributed by atoms with Gasteiger partial charge in [0.15, 0.2) is 0 Å². The maximum absolute atomic E-state index is 12.2. The lowest BCUT2D eigenvalue weighted by atomic mass is 10.1. The number of nitrogens with zero attached hydrogens (tertiary/aromatic N) is 1. The number of nitro groups is 1. The van der Waals surface area contributed by atoms with Gasteiger partial charge in [-0.05, 0) is 29.1 Å². The summed E-state index contributed by atoms with van der Waals surface area (Å²) in [5.41, 5.74) is 1.93. The summed E-state index contributed by atoms with van der Waals surface area (Å²) in [5.74, 6) is -0.0898. The number of anilines is 1. The lowest BCUT2D eigenvalue weighted by Crippen LogP contribution is -2.37. The molecule has 2 aromatic carbocycles. The highest BCUT2D eigenvalue weighted by molar-refractivity contribution is 7.10. The van der Waals surface area contributed by atoms with Gasteiger partial charge in [-0.15, -0.1) is 11.3 Å². The molecule has 0 saturated heterocycles. The minimum atomic E-state index is -0.435. The van der Waals surface area contributed by atoms with E-state index in [1.54, 1.807) is 23.5 Å². The van der Waals surface area contributed by atoms with Crippen LogP contribution in [-0.4, -0.2) is 30.5 Å². The lowest BCUT2D eigenvalue weighted by molar-refractivity contribution is -0.384. The molecule has 1 amide bonds. The van der Waals surface area contributed by atoms with E-state index >= 15 is 0 Å². The van der Waals surface area contributed by atoms with Crippen molar-refractivity contribution in [3.8, 4) is 0 Å². The molecular weight excluding hydrogens is 388 g/mol. The molecule has 0 unspecified atom stereocenters. The molecule has 1 atom stereocenters. The fourth-order valence-electron chi connectivity index (χ4n) is 2.85. The van der Waals surface area contributed by atoms with Crippen LogP contribution in [0.2, 0.25) is 0 Å². The van der Waals surface area contributed by atoms with Crippen LogP contribution in [0.3, 0.4) is 0 Å². The Morgan fingerprint density at radius 3 is 2.41 bits per heavy atom. The summed E-state index contributed by atoms with van der Waals surface area (Å²) in [6, 6.07) is 20.2. The van der Waals surface area contributed by atoms with E-state index < -0.39 is 4.92 Å². The maximum atomic E-state index is 12.2. The summed E-state index contributed by atoms with van der Waals surface area (Å²) in [5, 5.41) is 22.0. The van der Waals surface area contributed by atoms with Crippen LogP contribution in [0.4, 0.5) is 11.4 Å². The summed E-state index contributed by atoms with van der Waals surface area (Å²) in [6.45, 7) is 1.18. The van der Waals surface area contributed by atoms with Gasteiger partial charge in [-0.2, -0.15) is 0 Å². The van der Waals surface area contributed by atoms with E-state index in [0.717, 1.165) is 16.1 Å². The molecule has 1 heterocycles. The number of thiophene rings is 1. The average molecular weight is 410 g/mol. The van der Waals surface area contributed by atoms with Crippen LogP contribution in [-0.2, 0) is 4.79 Å². The smallest absolute Gasteiger partial charge is 0.269 e. The minimum Gasteiger partial charge on any atom is -0.383 e. The third-order valence-electron chi connectivity index (χ3n) is 4.28. The number of carbonyl (C=O) groups excluding carboxylic acids is 1. The standard InChI is InChI=1S/C21H22N4O3S/c26-20(23-13-12-22-17-8-10-18(11-9-17)25(27)28)15-24-21(19-7-4-14-29-19)16-5-2-1-3-6-16/h1-11,14,21-22,24H,12-13,15H2,(H,23,26)/t21-/m0/s1. The third kappa shape index (κ3) is 6.13. The number of hydrogen-bond acceptors (Lipinski definition) is 6. The van der Waals surface area contributed by atoms with Crippen molar-refractivity contribution in [2.24, 2.45) is 0 Å². The summed E-state index contributed by atoms with van der Waals surface area (Å²) in [4.78, 5) is 23.6. The Hall–Kier alpha value is -3.23. The molecule has 0 saturated carbocycles. The van der Waals surface area contributed by atoms with Gasteiger partial charge < -0.3 is 10.6 Å². The van der Waals surface area contributed by atoms with Crippen LogP contribution < -0.4 is 16.0 Å². The van der Waals surface area contributed by atoms with Crippen molar-refractivity contribution in [1.29, 1.82) is 0 Å². The van der Waals surface area contributed by atoms with Gasteiger partial charge in [0.05, 0.1) is 17.5 Å². The van der Waals surface area contributed by atoms with Gasteiger partial charge in [0.2, 0.25) is 5.91 Å². The number of amides is 1. The number of nitro benzene ring substituents is 1. The van der Waals surface area contributed by atoms with Gasteiger partial charge >= 0.3 is 0 Å².